The molecule has 3 aliphatic rings. The molecule has 0 radical (unpaired) electrons. The Labute approximate surface area is 664 Å². The normalized spacial score (nSPS) is 13.7. The lowest BCUT2D eigenvalue weighted by Gasteiger charge is -2.47. The van der Waals surface area contributed by atoms with Crippen LogP contribution in [0.2, 0.25) is 0 Å². The summed E-state index contributed by atoms with van der Waals surface area (Å²) in [5.74, 6) is -0.490. The second kappa shape index (κ2) is 26.1. The van der Waals surface area contributed by atoms with E-state index in [9.17, 15) is 0 Å². The van der Waals surface area contributed by atoms with Gasteiger partial charge in [-0.15, -0.1) is 0 Å². The van der Waals surface area contributed by atoms with Gasteiger partial charge in [0.1, 0.15) is 22.3 Å². The average Bonchev–Trinajstić information content (AvgIpc) is 1.02. The van der Waals surface area contributed by atoms with Crippen molar-refractivity contribution in [3.8, 4) is 66.8 Å². The zero-order valence-electron chi connectivity index (χ0n) is 66.6. The van der Waals surface area contributed by atoms with Crippen molar-refractivity contribution < 1.29 is 8.83 Å². The van der Waals surface area contributed by atoms with Gasteiger partial charge in [0.2, 0.25) is 0 Å². The second-order valence-electron chi connectivity index (χ2n) is 35.9. The summed E-state index contributed by atoms with van der Waals surface area (Å²) in [5.41, 5.74) is 38.9. The van der Waals surface area contributed by atoms with Gasteiger partial charge in [0.05, 0.1) is 34.1 Å². The van der Waals surface area contributed by atoms with Gasteiger partial charge in [-0.25, -0.2) is 0 Å². The van der Waals surface area contributed by atoms with E-state index in [2.05, 4.69) is 408 Å². The standard InChI is InChI=1S/C109H92N2O2/c1-106(2,3)75-51-41-66(42-52-75)83-33-21-34-84(67-43-53-76(54-44-67)107(4,5)6)104(83)110-91-59-49-72(81-31-23-39-97-100(81)87-29-17-19-37-95(87)112-97)62-89(91)102-90-63-73(82-32-24-40-98-101(82)88-30-18-20-38-96(88)113-98)50-60-92(90)111(94-65-74(64-93(110)103(94)102)99-79-27-15-13-25-70(79)61-71-26-14-16-28-80(71)99)105-85(68-45-55-77(56-46-68)108(7,8)9)35-22-36-86(105)69-47-57-78(58-48-69)109(10,11)12/h13-60,62-65,99,102H,61H2,1-12H3. The van der Waals surface area contributed by atoms with Crippen LogP contribution in [-0.2, 0) is 28.1 Å². The average molecular weight is 1460 g/mol. The highest BCUT2D eigenvalue weighted by atomic mass is 16.3. The molecule has 0 amide bonds. The molecule has 0 saturated carbocycles. The first kappa shape index (κ1) is 69.7. The maximum absolute atomic E-state index is 6.79. The molecule has 550 valence electrons. The summed E-state index contributed by atoms with van der Waals surface area (Å²) in [4.78, 5) is 5.47. The Kier molecular flexibility index (Phi) is 16.1. The summed E-state index contributed by atoms with van der Waals surface area (Å²) in [6.45, 7) is 27.8. The van der Waals surface area contributed by atoms with E-state index in [0.717, 1.165) is 151 Å². The molecule has 2 aromatic heterocycles. The lowest BCUT2D eigenvalue weighted by atomic mass is 9.71. The minimum Gasteiger partial charge on any atom is -0.456 e. The van der Waals surface area contributed by atoms with Crippen LogP contribution < -0.4 is 9.80 Å². The maximum Gasteiger partial charge on any atom is 0.136 e. The molecule has 0 saturated heterocycles. The van der Waals surface area contributed by atoms with Crippen LogP contribution in [0, 0.1) is 0 Å². The molecule has 1 aliphatic carbocycles. The molecule has 0 fully saturated rings. The van der Waals surface area contributed by atoms with E-state index < -0.39 is 0 Å². The number of para-hydroxylation sites is 4. The quantitative estimate of drug-likeness (QED) is 0.144. The molecule has 0 atom stereocenters. The topological polar surface area (TPSA) is 32.8 Å². The number of rotatable bonds is 9. The predicted molar refractivity (Wildman–Crippen MR) is 475 cm³/mol. The van der Waals surface area contributed by atoms with E-state index in [1.807, 2.05) is 0 Å². The fourth-order valence-corrected chi connectivity index (χ4v) is 18.8. The van der Waals surface area contributed by atoms with E-state index in [1.165, 1.54) is 66.8 Å². The van der Waals surface area contributed by atoms with Crippen molar-refractivity contribution in [2.75, 3.05) is 9.80 Å². The number of hydrogen-bond acceptors (Lipinski definition) is 4. The van der Waals surface area contributed by atoms with Gasteiger partial charge in [0.15, 0.2) is 0 Å². The molecule has 0 spiro atoms. The molecule has 4 nitrogen and oxygen atoms in total. The molecule has 0 N–H and O–H groups in total. The lowest BCUT2D eigenvalue weighted by Crippen LogP contribution is -2.31. The van der Waals surface area contributed by atoms with Crippen LogP contribution in [0.1, 0.15) is 162 Å². The summed E-state index contributed by atoms with van der Waals surface area (Å²) in [6.07, 6.45) is 0.856. The number of anilines is 6. The van der Waals surface area contributed by atoms with E-state index >= 15 is 0 Å². The Morgan fingerprint density at radius 2 is 0.566 bits per heavy atom. The van der Waals surface area contributed by atoms with Crippen LogP contribution in [0.25, 0.3) is 111 Å². The van der Waals surface area contributed by atoms with Crippen LogP contribution >= 0.6 is 0 Å². The third-order valence-corrected chi connectivity index (χ3v) is 24.7. The number of furan rings is 2. The fourth-order valence-electron chi connectivity index (χ4n) is 18.8. The zero-order chi connectivity index (χ0) is 77.1. The van der Waals surface area contributed by atoms with Gasteiger partial charge in [-0.2, -0.15) is 0 Å². The Hall–Kier alpha value is -12.5. The molecule has 0 bridgehead atoms. The van der Waals surface area contributed by atoms with Crippen LogP contribution in [0.3, 0.4) is 0 Å². The number of benzene rings is 15. The Balaban J connectivity index is 0.976. The minimum atomic E-state index is -0.349. The van der Waals surface area contributed by atoms with Crippen molar-refractivity contribution in [1.29, 1.82) is 0 Å². The Bertz CT molecular complexity index is 6120. The van der Waals surface area contributed by atoms with Gasteiger partial charge in [0, 0.05) is 61.2 Å². The molecule has 2 aliphatic heterocycles. The second-order valence-corrected chi connectivity index (χ2v) is 35.9. The molecule has 20 rings (SSSR count). The van der Waals surface area contributed by atoms with Gasteiger partial charge in [-0.3, -0.25) is 0 Å². The van der Waals surface area contributed by atoms with E-state index in [1.54, 1.807) is 0 Å². The number of hydrogen-bond donors (Lipinski definition) is 0. The smallest absolute Gasteiger partial charge is 0.136 e. The molecule has 113 heavy (non-hydrogen) atoms. The highest BCUT2D eigenvalue weighted by Gasteiger charge is 2.45. The van der Waals surface area contributed by atoms with Crippen LogP contribution in [-0.4, -0.2) is 0 Å². The number of fused-ring (bicyclic) bond motifs is 12. The van der Waals surface area contributed by atoms with Crippen molar-refractivity contribution in [2.24, 2.45) is 0 Å². The third-order valence-electron chi connectivity index (χ3n) is 24.7. The fraction of sp³-hybridized carbons (Fsp3) is 0.174. The SMILES string of the molecule is CC(C)(C)c1ccc(-c2cccc(-c3ccc(C(C)(C)C)cc3)c2N2c3ccc(-c4cccc5oc6ccccc6c45)cc3C3c4cc(-c5cccc6oc7ccccc7c56)ccc4N(c4c(-c5ccc(C(C)(C)C)cc5)cccc4-c4ccc(C(C)(C)C)cc4)c4cc(C5c6ccccc6Cc6ccccc65)cc2c43)cc1. The summed E-state index contributed by atoms with van der Waals surface area (Å²) < 4.78 is 13.6. The van der Waals surface area contributed by atoms with E-state index in [0.29, 0.717) is 0 Å². The molecule has 15 aromatic carbocycles. The third kappa shape index (κ3) is 11.6. The number of nitrogens with zero attached hydrogens (tertiary/aromatic N) is 2. The van der Waals surface area contributed by atoms with Crippen molar-refractivity contribution in [3.63, 3.8) is 0 Å². The summed E-state index contributed by atoms with van der Waals surface area (Å²) in [5, 5.41) is 4.40. The summed E-state index contributed by atoms with van der Waals surface area (Å²) in [7, 11) is 0. The van der Waals surface area contributed by atoms with Crippen molar-refractivity contribution in [3.05, 3.63) is 382 Å². The van der Waals surface area contributed by atoms with Crippen molar-refractivity contribution in [2.45, 2.75) is 123 Å². The van der Waals surface area contributed by atoms with E-state index in [4.69, 9.17) is 8.83 Å². The molecule has 17 aromatic rings. The van der Waals surface area contributed by atoms with Gasteiger partial charge >= 0.3 is 0 Å². The Morgan fingerprint density at radius 3 is 0.929 bits per heavy atom. The minimum absolute atomic E-state index is 0.0649. The zero-order valence-corrected chi connectivity index (χ0v) is 66.6. The Morgan fingerprint density at radius 1 is 0.257 bits per heavy atom. The van der Waals surface area contributed by atoms with Gasteiger partial charge in [0.25, 0.3) is 0 Å². The highest BCUT2D eigenvalue weighted by molar-refractivity contribution is 6.15. The van der Waals surface area contributed by atoms with Crippen molar-refractivity contribution in [1.82, 2.24) is 0 Å². The van der Waals surface area contributed by atoms with E-state index in [-0.39, 0.29) is 33.5 Å². The molecule has 4 heteroatoms. The van der Waals surface area contributed by atoms with Crippen LogP contribution in [0.15, 0.2) is 324 Å². The summed E-state index contributed by atoms with van der Waals surface area (Å²) in [6, 6.07) is 121. The first-order chi connectivity index (χ1) is 54.6. The maximum atomic E-state index is 6.79. The van der Waals surface area contributed by atoms with Gasteiger partial charge < -0.3 is 18.6 Å². The lowest BCUT2D eigenvalue weighted by molar-refractivity contribution is 0.590. The van der Waals surface area contributed by atoms with Crippen molar-refractivity contribution >= 4 is 78.0 Å². The molecule has 4 heterocycles. The summed E-state index contributed by atoms with van der Waals surface area (Å²) >= 11 is 0. The molecular formula is C109H92N2O2. The molecular weight excluding hydrogens is 1370 g/mol. The van der Waals surface area contributed by atoms with Gasteiger partial charge in [-0.1, -0.05) is 338 Å². The highest BCUT2D eigenvalue weighted by Crippen LogP contribution is 2.66. The van der Waals surface area contributed by atoms with Crippen LogP contribution in [0.4, 0.5) is 34.1 Å². The van der Waals surface area contributed by atoms with Crippen LogP contribution in [0.5, 0.6) is 0 Å². The monoisotopic (exact) mass is 1460 g/mol. The molecule has 0 unspecified atom stereocenters. The van der Waals surface area contributed by atoms with Gasteiger partial charge in [-0.05, 0) is 194 Å². The largest absolute Gasteiger partial charge is 0.456 e. The first-order valence-electron chi connectivity index (χ1n) is 40.3. The predicted octanol–water partition coefficient (Wildman–Crippen LogP) is 30.5. The first-order valence-corrected chi connectivity index (χ1v) is 40.3.